The molecule has 5 heteroatoms. The summed E-state index contributed by atoms with van der Waals surface area (Å²) in [7, 11) is 1.64. The number of nitrogens with one attached hydrogen (secondary N) is 1. The van der Waals surface area contributed by atoms with E-state index < -0.39 is 0 Å². The van der Waals surface area contributed by atoms with Crippen LogP contribution < -0.4 is 14.8 Å². The molecule has 0 radical (unpaired) electrons. The molecule has 1 aromatic heterocycles. The Morgan fingerprint density at radius 2 is 2.05 bits per heavy atom. The van der Waals surface area contributed by atoms with Crippen LogP contribution in [-0.4, -0.2) is 18.7 Å². The fraction of sp³-hybridized carbons (Fsp3) is 0.267. The second kappa shape index (κ2) is 7.14. The molecule has 1 heterocycles. The van der Waals surface area contributed by atoms with Gasteiger partial charge in [-0.3, -0.25) is 4.98 Å². The van der Waals surface area contributed by atoms with Crippen molar-refractivity contribution < 1.29 is 9.47 Å². The zero-order valence-electron chi connectivity index (χ0n) is 11.5. The highest BCUT2D eigenvalue weighted by atomic mass is 79.9. The molecule has 1 aromatic carbocycles. The van der Waals surface area contributed by atoms with Crippen LogP contribution in [0.25, 0.3) is 0 Å². The highest BCUT2D eigenvalue weighted by Crippen LogP contribution is 2.30. The molecule has 0 bridgehead atoms. The lowest BCUT2D eigenvalue weighted by atomic mass is 10.2. The average molecular weight is 337 g/mol. The maximum atomic E-state index is 5.55. The number of hydrogen-bond acceptors (Lipinski definition) is 4. The van der Waals surface area contributed by atoms with Crippen molar-refractivity contribution in [1.29, 1.82) is 0 Å². The van der Waals surface area contributed by atoms with Gasteiger partial charge in [0.15, 0.2) is 11.5 Å². The smallest absolute Gasteiger partial charge is 0.163 e. The number of benzene rings is 1. The van der Waals surface area contributed by atoms with Crippen LogP contribution in [0.2, 0.25) is 0 Å². The average Bonchev–Trinajstić information content (AvgIpc) is 2.46. The molecule has 0 atom stereocenters. The molecule has 1 N–H and O–H groups in total. The number of pyridine rings is 1. The quantitative estimate of drug-likeness (QED) is 0.869. The molecular formula is C15H17BrN2O2. The molecule has 2 aromatic rings. The van der Waals surface area contributed by atoms with E-state index in [0.717, 1.165) is 27.2 Å². The van der Waals surface area contributed by atoms with Gasteiger partial charge in [-0.2, -0.15) is 0 Å². The van der Waals surface area contributed by atoms with Gasteiger partial charge in [-0.1, -0.05) is 0 Å². The van der Waals surface area contributed by atoms with Crippen LogP contribution in [0.1, 0.15) is 12.5 Å². The van der Waals surface area contributed by atoms with Crippen LogP contribution in [-0.2, 0) is 6.54 Å². The molecule has 0 saturated carbocycles. The minimum absolute atomic E-state index is 0.607. The Kier molecular flexibility index (Phi) is 5.24. The molecule has 0 aliphatic rings. The minimum atomic E-state index is 0.607. The Morgan fingerprint density at radius 1 is 1.20 bits per heavy atom. The van der Waals surface area contributed by atoms with Gasteiger partial charge in [0.2, 0.25) is 0 Å². The first-order valence-electron chi connectivity index (χ1n) is 6.37. The van der Waals surface area contributed by atoms with E-state index in [2.05, 4.69) is 26.2 Å². The van der Waals surface area contributed by atoms with Crippen LogP contribution in [0.5, 0.6) is 11.5 Å². The maximum Gasteiger partial charge on any atom is 0.163 e. The first-order valence-corrected chi connectivity index (χ1v) is 7.16. The van der Waals surface area contributed by atoms with Gasteiger partial charge in [-0.15, -0.1) is 0 Å². The van der Waals surface area contributed by atoms with Gasteiger partial charge in [0, 0.05) is 35.2 Å². The van der Waals surface area contributed by atoms with Gasteiger partial charge >= 0.3 is 0 Å². The van der Waals surface area contributed by atoms with Crippen molar-refractivity contribution >= 4 is 21.6 Å². The number of ether oxygens (including phenoxy) is 2. The summed E-state index contributed by atoms with van der Waals surface area (Å²) < 4.78 is 11.8. The van der Waals surface area contributed by atoms with Gasteiger partial charge < -0.3 is 14.8 Å². The van der Waals surface area contributed by atoms with E-state index in [1.54, 1.807) is 13.3 Å². The van der Waals surface area contributed by atoms with Crippen molar-refractivity contribution in [2.24, 2.45) is 0 Å². The summed E-state index contributed by atoms with van der Waals surface area (Å²) in [5, 5.41) is 3.34. The summed E-state index contributed by atoms with van der Waals surface area (Å²) >= 11 is 3.41. The highest BCUT2D eigenvalue weighted by Gasteiger charge is 2.05. The zero-order valence-corrected chi connectivity index (χ0v) is 13.1. The first kappa shape index (κ1) is 14.7. The molecule has 0 saturated heterocycles. The topological polar surface area (TPSA) is 43.4 Å². The van der Waals surface area contributed by atoms with Crippen LogP contribution in [0.3, 0.4) is 0 Å². The lowest BCUT2D eigenvalue weighted by Gasteiger charge is -2.12. The van der Waals surface area contributed by atoms with Crippen molar-refractivity contribution in [3.05, 3.63) is 46.7 Å². The summed E-state index contributed by atoms with van der Waals surface area (Å²) in [6, 6.07) is 7.83. The van der Waals surface area contributed by atoms with Crippen molar-refractivity contribution in [1.82, 2.24) is 4.98 Å². The monoisotopic (exact) mass is 336 g/mol. The van der Waals surface area contributed by atoms with Crippen molar-refractivity contribution in [3.63, 3.8) is 0 Å². The summed E-state index contributed by atoms with van der Waals surface area (Å²) in [5.74, 6) is 1.48. The molecular weight excluding hydrogens is 320 g/mol. The van der Waals surface area contributed by atoms with E-state index in [1.807, 2.05) is 37.4 Å². The standard InChI is InChI=1S/C15H17BrN2O2/c1-3-20-15-7-13(4-5-14(15)19-2)18-9-11-6-12(16)10-17-8-11/h4-8,10,18H,3,9H2,1-2H3. The zero-order chi connectivity index (χ0) is 14.4. The van der Waals surface area contributed by atoms with Gasteiger partial charge in [-0.05, 0) is 46.6 Å². The van der Waals surface area contributed by atoms with E-state index in [1.165, 1.54) is 0 Å². The summed E-state index contributed by atoms with van der Waals surface area (Å²) in [6.07, 6.45) is 3.61. The number of nitrogens with zero attached hydrogens (tertiary/aromatic N) is 1. The summed E-state index contributed by atoms with van der Waals surface area (Å²) in [4.78, 5) is 4.14. The van der Waals surface area contributed by atoms with Crippen molar-refractivity contribution in [2.45, 2.75) is 13.5 Å². The Morgan fingerprint density at radius 3 is 2.75 bits per heavy atom. The normalized spacial score (nSPS) is 10.2. The largest absolute Gasteiger partial charge is 0.493 e. The van der Waals surface area contributed by atoms with Gasteiger partial charge in [0.25, 0.3) is 0 Å². The van der Waals surface area contributed by atoms with E-state index in [9.17, 15) is 0 Å². The molecule has 20 heavy (non-hydrogen) atoms. The molecule has 0 fully saturated rings. The number of halogens is 1. The Balaban J connectivity index is 2.07. The second-order valence-corrected chi connectivity index (χ2v) is 5.08. The third-order valence-electron chi connectivity index (χ3n) is 2.72. The van der Waals surface area contributed by atoms with Gasteiger partial charge in [0.05, 0.1) is 13.7 Å². The number of rotatable bonds is 6. The summed E-state index contributed by atoms with van der Waals surface area (Å²) in [5.41, 5.74) is 2.09. The third-order valence-corrected chi connectivity index (χ3v) is 3.16. The van der Waals surface area contributed by atoms with Crippen molar-refractivity contribution in [3.8, 4) is 11.5 Å². The van der Waals surface area contributed by atoms with Crippen LogP contribution >= 0.6 is 15.9 Å². The summed E-state index contributed by atoms with van der Waals surface area (Å²) in [6.45, 7) is 3.26. The van der Waals surface area contributed by atoms with E-state index in [4.69, 9.17) is 9.47 Å². The van der Waals surface area contributed by atoms with E-state index in [0.29, 0.717) is 13.2 Å². The fourth-order valence-electron chi connectivity index (χ4n) is 1.81. The van der Waals surface area contributed by atoms with Gasteiger partial charge in [0.1, 0.15) is 0 Å². The van der Waals surface area contributed by atoms with E-state index in [-0.39, 0.29) is 0 Å². The van der Waals surface area contributed by atoms with E-state index >= 15 is 0 Å². The van der Waals surface area contributed by atoms with Crippen molar-refractivity contribution in [2.75, 3.05) is 19.0 Å². The molecule has 106 valence electrons. The highest BCUT2D eigenvalue weighted by molar-refractivity contribution is 9.10. The molecule has 0 unspecified atom stereocenters. The molecule has 0 aliphatic heterocycles. The SMILES string of the molecule is CCOc1cc(NCc2cncc(Br)c2)ccc1OC. The van der Waals surface area contributed by atoms with Gasteiger partial charge in [-0.25, -0.2) is 0 Å². The Hall–Kier alpha value is -1.75. The molecule has 0 aliphatic carbocycles. The Labute approximate surface area is 127 Å². The number of methoxy groups -OCH3 is 1. The first-order chi connectivity index (χ1) is 9.72. The predicted molar refractivity (Wildman–Crippen MR) is 83.4 cm³/mol. The third kappa shape index (κ3) is 3.87. The molecule has 2 rings (SSSR count). The Bertz CT molecular complexity index is 576. The van der Waals surface area contributed by atoms with Crippen LogP contribution in [0.4, 0.5) is 5.69 Å². The number of aromatic nitrogens is 1. The van der Waals surface area contributed by atoms with Crippen LogP contribution in [0.15, 0.2) is 41.1 Å². The second-order valence-electron chi connectivity index (χ2n) is 4.16. The lowest BCUT2D eigenvalue weighted by Crippen LogP contribution is -2.01. The minimum Gasteiger partial charge on any atom is -0.493 e. The number of hydrogen-bond donors (Lipinski definition) is 1. The fourth-order valence-corrected chi connectivity index (χ4v) is 2.22. The molecule has 0 amide bonds. The molecule has 0 spiro atoms. The van der Waals surface area contributed by atoms with Crippen LogP contribution in [0, 0.1) is 0 Å². The maximum absolute atomic E-state index is 5.55. The number of anilines is 1. The predicted octanol–water partition coefficient (Wildman–Crippen LogP) is 3.86. The lowest BCUT2D eigenvalue weighted by molar-refractivity contribution is 0.311. The molecule has 4 nitrogen and oxygen atoms in total.